The van der Waals surface area contributed by atoms with Gasteiger partial charge in [-0.25, -0.2) is 0 Å². The van der Waals surface area contributed by atoms with Crippen molar-refractivity contribution in [3.63, 3.8) is 0 Å². The van der Waals surface area contributed by atoms with Crippen molar-refractivity contribution in [2.24, 2.45) is 0 Å². The zero-order valence-corrected chi connectivity index (χ0v) is 17.8. The van der Waals surface area contributed by atoms with Gasteiger partial charge in [0.2, 0.25) is 11.0 Å². The van der Waals surface area contributed by atoms with Crippen LogP contribution in [-0.4, -0.2) is 32.7 Å². The van der Waals surface area contributed by atoms with Gasteiger partial charge in [0, 0.05) is 16.8 Å². The van der Waals surface area contributed by atoms with Crippen LogP contribution in [0.1, 0.15) is 15.9 Å². The third-order valence-electron chi connectivity index (χ3n) is 3.75. The van der Waals surface area contributed by atoms with E-state index in [1.807, 2.05) is 13.0 Å². The maximum absolute atomic E-state index is 12.3. The summed E-state index contributed by atoms with van der Waals surface area (Å²) in [6.45, 7) is 1.87. The fraction of sp³-hybridized carbons (Fsp3) is 0.111. The maximum atomic E-state index is 12.3. The SMILES string of the molecule is Cc1ccc(NC(=O)CSc2nnc(NC(=O)c3ccccc3[N+](=O)[O-])s2)cc1Cl. The monoisotopic (exact) mass is 463 g/mol. The van der Waals surface area contributed by atoms with Gasteiger partial charge in [-0.15, -0.1) is 10.2 Å². The Labute approximate surface area is 184 Å². The summed E-state index contributed by atoms with van der Waals surface area (Å²) in [6.07, 6.45) is 0. The lowest BCUT2D eigenvalue weighted by atomic mass is 10.1. The number of amides is 2. The number of halogens is 1. The Kier molecular flexibility index (Phi) is 6.98. The molecule has 3 aromatic rings. The van der Waals surface area contributed by atoms with Gasteiger partial charge in [-0.3, -0.25) is 25.0 Å². The van der Waals surface area contributed by atoms with Gasteiger partial charge in [-0.05, 0) is 30.7 Å². The molecule has 0 saturated heterocycles. The number of aryl methyl sites for hydroxylation is 1. The van der Waals surface area contributed by atoms with Crippen LogP contribution >= 0.6 is 34.7 Å². The summed E-state index contributed by atoms with van der Waals surface area (Å²) < 4.78 is 0.463. The first kappa shape index (κ1) is 21.7. The second kappa shape index (κ2) is 9.65. The number of anilines is 2. The maximum Gasteiger partial charge on any atom is 0.282 e. The molecule has 1 aromatic heterocycles. The zero-order chi connectivity index (χ0) is 21.7. The standard InChI is InChI=1S/C18H14ClN5O4S2/c1-10-6-7-11(8-13(10)19)20-15(25)9-29-18-23-22-17(30-18)21-16(26)12-4-2-3-5-14(12)24(27)28/h2-8H,9H2,1H3,(H,20,25)(H,21,22,26). The predicted molar refractivity (Wildman–Crippen MR) is 117 cm³/mol. The van der Waals surface area contributed by atoms with E-state index in [4.69, 9.17) is 11.6 Å². The van der Waals surface area contributed by atoms with Gasteiger partial charge in [0.25, 0.3) is 11.6 Å². The molecule has 0 aliphatic carbocycles. The minimum absolute atomic E-state index is 0.0805. The number of rotatable bonds is 7. The third kappa shape index (κ3) is 5.53. The van der Waals surface area contributed by atoms with E-state index in [0.717, 1.165) is 28.7 Å². The van der Waals surface area contributed by atoms with Gasteiger partial charge in [0.1, 0.15) is 5.56 Å². The molecule has 2 N–H and O–H groups in total. The molecule has 0 atom stereocenters. The van der Waals surface area contributed by atoms with Gasteiger partial charge in [-0.1, -0.05) is 52.9 Å². The summed E-state index contributed by atoms with van der Waals surface area (Å²) in [5, 5.41) is 24.7. The van der Waals surface area contributed by atoms with Gasteiger partial charge < -0.3 is 5.32 Å². The van der Waals surface area contributed by atoms with Crippen molar-refractivity contribution in [2.45, 2.75) is 11.3 Å². The molecule has 2 aromatic carbocycles. The van der Waals surface area contributed by atoms with Crippen molar-refractivity contribution in [3.8, 4) is 0 Å². The Balaban J connectivity index is 1.56. The number of benzene rings is 2. The van der Waals surface area contributed by atoms with Gasteiger partial charge >= 0.3 is 0 Å². The number of para-hydroxylation sites is 1. The predicted octanol–water partition coefficient (Wildman–Crippen LogP) is 4.39. The van der Waals surface area contributed by atoms with E-state index in [0.29, 0.717) is 15.0 Å². The Bertz CT molecular complexity index is 1120. The van der Waals surface area contributed by atoms with Crippen molar-refractivity contribution in [2.75, 3.05) is 16.4 Å². The molecule has 0 aliphatic rings. The molecular formula is C18H14ClN5O4S2. The highest BCUT2D eigenvalue weighted by Crippen LogP contribution is 2.27. The van der Waals surface area contributed by atoms with E-state index in [2.05, 4.69) is 20.8 Å². The molecule has 0 fully saturated rings. The molecule has 0 bridgehead atoms. The van der Waals surface area contributed by atoms with E-state index in [9.17, 15) is 19.7 Å². The van der Waals surface area contributed by atoms with Crippen molar-refractivity contribution < 1.29 is 14.5 Å². The molecule has 30 heavy (non-hydrogen) atoms. The number of nitrogens with zero attached hydrogens (tertiary/aromatic N) is 3. The number of hydrogen-bond acceptors (Lipinski definition) is 8. The number of hydrogen-bond donors (Lipinski definition) is 2. The number of nitro benzene ring substituents is 1. The number of carbonyl (C=O) groups is 2. The number of carbonyl (C=O) groups excluding carboxylic acids is 2. The molecule has 154 valence electrons. The first-order valence-electron chi connectivity index (χ1n) is 8.40. The van der Waals surface area contributed by atoms with Crippen molar-refractivity contribution in [1.82, 2.24) is 10.2 Å². The highest BCUT2D eigenvalue weighted by molar-refractivity contribution is 8.01. The minimum atomic E-state index is -0.663. The fourth-order valence-corrected chi connectivity index (χ4v) is 4.03. The van der Waals surface area contributed by atoms with Crippen LogP contribution in [0.4, 0.5) is 16.5 Å². The Morgan fingerprint density at radius 2 is 1.97 bits per heavy atom. The van der Waals surface area contributed by atoms with Crippen LogP contribution < -0.4 is 10.6 Å². The molecule has 0 radical (unpaired) electrons. The van der Waals surface area contributed by atoms with E-state index in [1.54, 1.807) is 12.1 Å². The number of nitro groups is 1. The van der Waals surface area contributed by atoms with E-state index >= 15 is 0 Å². The molecule has 0 saturated carbocycles. The average Bonchev–Trinajstić information content (AvgIpc) is 3.16. The summed E-state index contributed by atoms with van der Waals surface area (Å²) in [5.41, 5.74) is 1.12. The summed E-state index contributed by atoms with van der Waals surface area (Å²) in [7, 11) is 0. The molecule has 0 spiro atoms. The molecule has 3 rings (SSSR count). The number of nitrogens with one attached hydrogen (secondary N) is 2. The Morgan fingerprint density at radius 3 is 2.70 bits per heavy atom. The number of aromatic nitrogens is 2. The van der Waals surface area contributed by atoms with Crippen molar-refractivity contribution in [3.05, 3.63) is 68.7 Å². The average molecular weight is 464 g/mol. The van der Waals surface area contributed by atoms with Gasteiger partial charge in [-0.2, -0.15) is 0 Å². The highest BCUT2D eigenvalue weighted by Gasteiger charge is 2.20. The van der Waals surface area contributed by atoms with E-state index in [-0.39, 0.29) is 28.0 Å². The lowest BCUT2D eigenvalue weighted by Crippen LogP contribution is -2.13. The Morgan fingerprint density at radius 1 is 1.20 bits per heavy atom. The Hall–Kier alpha value is -3.02. The molecule has 1 heterocycles. The molecule has 2 amide bonds. The molecule has 0 aliphatic heterocycles. The van der Waals surface area contributed by atoms with Gasteiger partial charge in [0.15, 0.2) is 4.34 Å². The van der Waals surface area contributed by atoms with Crippen LogP contribution in [0.25, 0.3) is 0 Å². The largest absolute Gasteiger partial charge is 0.325 e. The highest BCUT2D eigenvalue weighted by atomic mass is 35.5. The van der Waals surface area contributed by atoms with Crippen LogP contribution in [0.3, 0.4) is 0 Å². The summed E-state index contributed by atoms with van der Waals surface area (Å²) in [4.78, 5) is 34.8. The summed E-state index contributed by atoms with van der Waals surface area (Å²) >= 11 is 8.25. The second-order valence-electron chi connectivity index (χ2n) is 5.90. The summed E-state index contributed by atoms with van der Waals surface area (Å²) in [5.74, 6) is -0.831. The van der Waals surface area contributed by atoms with E-state index < -0.39 is 10.8 Å². The fourth-order valence-electron chi connectivity index (χ4n) is 2.30. The lowest BCUT2D eigenvalue weighted by Gasteiger charge is -2.06. The van der Waals surface area contributed by atoms with Crippen LogP contribution in [-0.2, 0) is 4.79 Å². The minimum Gasteiger partial charge on any atom is -0.325 e. The molecular weight excluding hydrogens is 450 g/mol. The first-order valence-corrected chi connectivity index (χ1v) is 10.6. The smallest absolute Gasteiger partial charge is 0.282 e. The van der Waals surface area contributed by atoms with Crippen LogP contribution in [0, 0.1) is 17.0 Å². The molecule has 12 heteroatoms. The normalized spacial score (nSPS) is 10.5. The van der Waals surface area contributed by atoms with Crippen molar-refractivity contribution in [1.29, 1.82) is 0 Å². The topological polar surface area (TPSA) is 127 Å². The third-order valence-corrected chi connectivity index (χ3v) is 6.13. The molecule has 9 nitrogen and oxygen atoms in total. The zero-order valence-electron chi connectivity index (χ0n) is 15.4. The second-order valence-corrected chi connectivity index (χ2v) is 8.51. The lowest BCUT2D eigenvalue weighted by molar-refractivity contribution is -0.385. The van der Waals surface area contributed by atoms with Crippen LogP contribution in [0.5, 0.6) is 0 Å². The quantitative estimate of drug-likeness (QED) is 0.230. The van der Waals surface area contributed by atoms with Crippen LogP contribution in [0.15, 0.2) is 46.8 Å². The van der Waals surface area contributed by atoms with E-state index in [1.165, 1.54) is 24.3 Å². The molecule has 0 unspecified atom stereocenters. The van der Waals surface area contributed by atoms with Gasteiger partial charge in [0.05, 0.1) is 10.7 Å². The summed E-state index contributed by atoms with van der Waals surface area (Å²) in [6, 6.07) is 10.8. The number of thioether (sulfide) groups is 1. The van der Waals surface area contributed by atoms with Crippen molar-refractivity contribution >= 4 is 63.0 Å². The van der Waals surface area contributed by atoms with Crippen LogP contribution in [0.2, 0.25) is 5.02 Å². The first-order chi connectivity index (χ1) is 14.3.